The molecule has 2 aliphatic heterocycles. The standard InChI is InChI=1S/C8H13NO3/c1-2-11-7(10)8-3-6(4-12-8)9-5-8/h6,9H,2-5H2,1H3/t6-,8-/m0/s1. The molecule has 2 saturated heterocycles. The molecule has 1 N–H and O–H groups in total. The summed E-state index contributed by atoms with van der Waals surface area (Å²) in [5, 5.41) is 3.21. The van der Waals surface area contributed by atoms with E-state index in [1.54, 1.807) is 0 Å². The fourth-order valence-electron chi connectivity index (χ4n) is 1.82. The van der Waals surface area contributed by atoms with Crippen molar-refractivity contribution >= 4 is 5.97 Å². The number of carbonyl (C=O) groups excluding carboxylic acids is 1. The highest BCUT2D eigenvalue weighted by atomic mass is 16.6. The van der Waals surface area contributed by atoms with Gasteiger partial charge in [0, 0.05) is 19.0 Å². The molecule has 2 aliphatic rings. The Morgan fingerprint density at radius 3 is 3.08 bits per heavy atom. The van der Waals surface area contributed by atoms with Crippen molar-refractivity contribution in [3.05, 3.63) is 0 Å². The van der Waals surface area contributed by atoms with Gasteiger partial charge < -0.3 is 14.8 Å². The number of nitrogens with one attached hydrogen (secondary N) is 1. The second-order valence-electron chi connectivity index (χ2n) is 3.31. The predicted molar refractivity (Wildman–Crippen MR) is 41.7 cm³/mol. The normalized spacial score (nSPS) is 38.6. The van der Waals surface area contributed by atoms with Crippen molar-refractivity contribution in [2.45, 2.75) is 25.0 Å². The van der Waals surface area contributed by atoms with Crippen LogP contribution >= 0.6 is 0 Å². The first kappa shape index (κ1) is 8.01. The van der Waals surface area contributed by atoms with Gasteiger partial charge in [-0.15, -0.1) is 0 Å². The van der Waals surface area contributed by atoms with E-state index in [-0.39, 0.29) is 5.97 Å². The minimum Gasteiger partial charge on any atom is -0.464 e. The summed E-state index contributed by atoms with van der Waals surface area (Å²) >= 11 is 0. The first-order valence-electron chi connectivity index (χ1n) is 4.31. The van der Waals surface area contributed by atoms with Crippen LogP contribution in [0.2, 0.25) is 0 Å². The maximum atomic E-state index is 11.4. The Labute approximate surface area is 71.2 Å². The minimum absolute atomic E-state index is 0.211. The molecule has 2 heterocycles. The van der Waals surface area contributed by atoms with E-state index in [1.807, 2.05) is 6.92 Å². The fraction of sp³-hybridized carbons (Fsp3) is 0.875. The summed E-state index contributed by atoms with van der Waals surface area (Å²) in [4.78, 5) is 11.4. The van der Waals surface area contributed by atoms with Gasteiger partial charge in [0.25, 0.3) is 0 Å². The molecule has 0 spiro atoms. The summed E-state index contributed by atoms with van der Waals surface area (Å²) in [6.07, 6.45) is 0.770. The van der Waals surface area contributed by atoms with Crippen LogP contribution in [0.1, 0.15) is 13.3 Å². The lowest BCUT2D eigenvalue weighted by Crippen LogP contribution is -2.46. The minimum atomic E-state index is -0.652. The summed E-state index contributed by atoms with van der Waals surface area (Å²) < 4.78 is 10.4. The van der Waals surface area contributed by atoms with Crippen LogP contribution < -0.4 is 5.32 Å². The Morgan fingerprint density at radius 2 is 2.67 bits per heavy atom. The van der Waals surface area contributed by atoms with Crippen LogP contribution in [0.3, 0.4) is 0 Å². The maximum absolute atomic E-state index is 11.4. The highest BCUT2D eigenvalue weighted by molar-refractivity contribution is 5.81. The zero-order valence-corrected chi connectivity index (χ0v) is 7.13. The first-order valence-corrected chi connectivity index (χ1v) is 4.31. The van der Waals surface area contributed by atoms with Gasteiger partial charge in [-0.2, -0.15) is 0 Å². The summed E-state index contributed by atoms with van der Waals surface area (Å²) in [6.45, 7) is 3.48. The maximum Gasteiger partial charge on any atom is 0.339 e. The Bertz CT molecular complexity index is 196. The van der Waals surface area contributed by atoms with Crippen LogP contribution in [-0.2, 0) is 14.3 Å². The zero-order chi connectivity index (χ0) is 8.60. The molecule has 0 radical (unpaired) electrons. The Hall–Kier alpha value is -0.610. The number of hydrogen-bond donors (Lipinski definition) is 1. The molecule has 0 aromatic carbocycles. The van der Waals surface area contributed by atoms with Crippen LogP contribution in [0.4, 0.5) is 0 Å². The van der Waals surface area contributed by atoms with Gasteiger partial charge in [-0.25, -0.2) is 4.79 Å². The average molecular weight is 171 g/mol. The van der Waals surface area contributed by atoms with E-state index in [2.05, 4.69) is 5.32 Å². The highest BCUT2D eigenvalue weighted by Gasteiger charge is 2.52. The predicted octanol–water partition coefficient (Wildman–Crippen LogP) is -0.320. The average Bonchev–Trinajstić information content (AvgIpc) is 2.64. The van der Waals surface area contributed by atoms with Gasteiger partial charge in [-0.1, -0.05) is 0 Å². The number of fused-ring (bicyclic) bond motifs is 2. The van der Waals surface area contributed by atoms with Crippen molar-refractivity contribution in [2.75, 3.05) is 19.8 Å². The molecule has 12 heavy (non-hydrogen) atoms. The monoisotopic (exact) mass is 171 g/mol. The number of esters is 1. The Balaban J connectivity index is 2.06. The zero-order valence-electron chi connectivity index (χ0n) is 7.13. The van der Waals surface area contributed by atoms with Gasteiger partial charge in [-0.3, -0.25) is 0 Å². The molecule has 0 aromatic rings. The second-order valence-corrected chi connectivity index (χ2v) is 3.31. The number of carbonyl (C=O) groups is 1. The molecule has 4 nitrogen and oxygen atoms in total. The number of rotatable bonds is 2. The molecule has 0 aliphatic carbocycles. The summed E-state index contributed by atoms with van der Waals surface area (Å²) in [5.41, 5.74) is -0.652. The fourth-order valence-corrected chi connectivity index (χ4v) is 1.82. The van der Waals surface area contributed by atoms with E-state index in [1.165, 1.54) is 0 Å². The van der Waals surface area contributed by atoms with E-state index < -0.39 is 5.60 Å². The van der Waals surface area contributed by atoms with E-state index >= 15 is 0 Å². The first-order chi connectivity index (χ1) is 5.77. The molecule has 0 unspecified atom stereocenters. The largest absolute Gasteiger partial charge is 0.464 e. The van der Waals surface area contributed by atoms with Crippen LogP contribution in [0.15, 0.2) is 0 Å². The van der Waals surface area contributed by atoms with Gasteiger partial charge in [0.1, 0.15) is 0 Å². The van der Waals surface area contributed by atoms with Gasteiger partial charge in [0.2, 0.25) is 0 Å². The van der Waals surface area contributed by atoms with Crippen molar-refractivity contribution in [1.82, 2.24) is 5.32 Å². The molecular formula is C8H13NO3. The van der Waals surface area contributed by atoms with Crippen molar-refractivity contribution in [1.29, 1.82) is 0 Å². The van der Waals surface area contributed by atoms with E-state index in [4.69, 9.17) is 9.47 Å². The van der Waals surface area contributed by atoms with Crippen molar-refractivity contribution < 1.29 is 14.3 Å². The van der Waals surface area contributed by atoms with Crippen LogP contribution in [0.25, 0.3) is 0 Å². The van der Waals surface area contributed by atoms with Gasteiger partial charge in [0.15, 0.2) is 5.60 Å². The lowest BCUT2D eigenvalue weighted by molar-refractivity contribution is -0.166. The van der Waals surface area contributed by atoms with Gasteiger partial charge in [-0.05, 0) is 6.92 Å². The number of ether oxygens (including phenoxy) is 2. The van der Waals surface area contributed by atoms with E-state index in [0.29, 0.717) is 25.8 Å². The summed E-state index contributed by atoms with van der Waals surface area (Å²) in [7, 11) is 0. The van der Waals surface area contributed by atoms with Gasteiger partial charge >= 0.3 is 5.97 Å². The third-order valence-electron chi connectivity index (χ3n) is 2.46. The van der Waals surface area contributed by atoms with Crippen LogP contribution in [0.5, 0.6) is 0 Å². The molecule has 2 bridgehead atoms. The molecule has 4 heteroatoms. The topological polar surface area (TPSA) is 47.6 Å². The van der Waals surface area contributed by atoms with Crippen molar-refractivity contribution in [2.24, 2.45) is 0 Å². The van der Waals surface area contributed by atoms with Gasteiger partial charge in [0.05, 0.1) is 13.2 Å². The Morgan fingerprint density at radius 1 is 1.83 bits per heavy atom. The lowest BCUT2D eigenvalue weighted by Gasteiger charge is -2.23. The molecule has 2 rings (SSSR count). The molecule has 2 fully saturated rings. The molecule has 0 saturated carbocycles. The molecule has 68 valence electrons. The molecule has 2 atom stereocenters. The number of hydrogen-bond acceptors (Lipinski definition) is 4. The second kappa shape index (κ2) is 2.71. The quantitative estimate of drug-likeness (QED) is 0.578. The Kier molecular flexibility index (Phi) is 1.81. The number of morpholine rings is 1. The smallest absolute Gasteiger partial charge is 0.339 e. The highest BCUT2D eigenvalue weighted by Crippen LogP contribution is 2.32. The summed E-state index contributed by atoms with van der Waals surface area (Å²) in [5.74, 6) is -0.211. The van der Waals surface area contributed by atoms with E-state index in [9.17, 15) is 4.79 Å². The third kappa shape index (κ3) is 1.03. The van der Waals surface area contributed by atoms with E-state index in [0.717, 1.165) is 6.42 Å². The lowest BCUT2D eigenvalue weighted by atomic mass is 10.0. The van der Waals surface area contributed by atoms with Crippen molar-refractivity contribution in [3.8, 4) is 0 Å². The molecule has 0 aromatic heterocycles. The third-order valence-corrected chi connectivity index (χ3v) is 2.46. The van der Waals surface area contributed by atoms with Crippen LogP contribution in [-0.4, -0.2) is 37.4 Å². The SMILES string of the molecule is CCOC(=O)[C@]12CN[C@H](CO1)C2. The molecule has 0 amide bonds. The summed E-state index contributed by atoms with van der Waals surface area (Å²) in [6, 6.07) is 0.356. The molecular weight excluding hydrogens is 158 g/mol. The van der Waals surface area contributed by atoms with Crippen molar-refractivity contribution in [3.63, 3.8) is 0 Å². The van der Waals surface area contributed by atoms with Crippen LogP contribution in [0, 0.1) is 0 Å².